The van der Waals surface area contributed by atoms with Gasteiger partial charge in [-0.25, -0.2) is 9.79 Å². The maximum absolute atomic E-state index is 14.5. The van der Waals surface area contributed by atoms with Crippen molar-refractivity contribution < 1.29 is 19.2 Å². The van der Waals surface area contributed by atoms with Crippen molar-refractivity contribution >= 4 is 45.7 Å². The van der Waals surface area contributed by atoms with Gasteiger partial charge in [-0.05, 0) is 49.2 Å². The second-order valence-electron chi connectivity index (χ2n) is 11.6. The second kappa shape index (κ2) is 13.8. The van der Waals surface area contributed by atoms with Crippen LogP contribution < -0.4 is 19.6 Å². The average molecular weight is 685 g/mol. The van der Waals surface area contributed by atoms with Crippen molar-refractivity contribution in [1.29, 1.82) is 0 Å². The number of nitro benzene ring substituents is 1. The third kappa shape index (κ3) is 6.14. The number of aromatic nitrogens is 2. The van der Waals surface area contributed by atoms with Crippen LogP contribution in [0.25, 0.3) is 22.7 Å². The van der Waals surface area contributed by atoms with Gasteiger partial charge in [-0.1, -0.05) is 84.1 Å². The van der Waals surface area contributed by atoms with Gasteiger partial charge in [0.05, 0.1) is 40.0 Å². The summed E-state index contributed by atoms with van der Waals surface area (Å²) >= 11 is 1.26. The Kier molecular flexibility index (Phi) is 8.97. The van der Waals surface area contributed by atoms with Gasteiger partial charge in [0.25, 0.3) is 11.2 Å². The lowest BCUT2D eigenvalue weighted by molar-refractivity contribution is -0.384. The van der Waals surface area contributed by atoms with Crippen molar-refractivity contribution in [3.8, 4) is 5.75 Å². The SMILES string of the molecule is CCOC(=O)C1=C(c2ccccc2)N=c2s/c(=C\c3cn(Cc4ccc([N+](=O)[O-])cc4)c4ccccc34)c(=O)n2[C@H]1c1ccc(OCC)cc1. The largest absolute Gasteiger partial charge is 0.494 e. The number of benzene rings is 4. The van der Waals surface area contributed by atoms with Crippen molar-refractivity contribution in [2.24, 2.45) is 4.99 Å². The van der Waals surface area contributed by atoms with Crippen molar-refractivity contribution in [3.63, 3.8) is 0 Å². The lowest BCUT2D eigenvalue weighted by Gasteiger charge is -2.26. The molecule has 3 heterocycles. The van der Waals surface area contributed by atoms with Crippen LogP contribution in [0.15, 0.2) is 125 Å². The Morgan fingerprint density at radius 2 is 1.66 bits per heavy atom. The first-order valence-corrected chi connectivity index (χ1v) is 17.0. The van der Waals surface area contributed by atoms with E-state index in [1.165, 1.54) is 23.5 Å². The van der Waals surface area contributed by atoms with E-state index >= 15 is 0 Å². The summed E-state index contributed by atoms with van der Waals surface area (Å²) in [7, 11) is 0. The Hall–Kier alpha value is -6.07. The molecule has 0 bridgehead atoms. The zero-order chi connectivity index (χ0) is 34.8. The normalized spacial score (nSPS) is 14.4. The molecule has 10 nitrogen and oxygen atoms in total. The van der Waals surface area contributed by atoms with Crippen LogP contribution >= 0.6 is 11.3 Å². The Morgan fingerprint density at radius 1 is 0.940 bits per heavy atom. The topological polar surface area (TPSA) is 118 Å². The minimum Gasteiger partial charge on any atom is -0.494 e. The van der Waals surface area contributed by atoms with Crippen LogP contribution in [0.3, 0.4) is 0 Å². The highest BCUT2D eigenvalue weighted by Gasteiger charge is 2.35. The molecule has 4 aromatic carbocycles. The quantitative estimate of drug-likeness (QED) is 0.0958. The number of thiazole rings is 1. The van der Waals surface area contributed by atoms with E-state index in [9.17, 15) is 19.7 Å². The lowest BCUT2D eigenvalue weighted by Crippen LogP contribution is -2.40. The van der Waals surface area contributed by atoms with E-state index in [4.69, 9.17) is 14.5 Å². The summed E-state index contributed by atoms with van der Waals surface area (Å²) in [6.07, 6.45) is 3.84. The van der Waals surface area contributed by atoms with Gasteiger partial charge in [0.2, 0.25) is 0 Å². The summed E-state index contributed by atoms with van der Waals surface area (Å²) < 4.78 is 15.4. The number of nitro groups is 1. The molecule has 0 spiro atoms. The van der Waals surface area contributed by atoms with Crippen LogP contribution in [0.4, 0.5) is 5.69 Å². The highest BCUT2D eigenvalue weighted by molar-refractivity contribution is 7.07. The van der Waals surface area contributed by atoms with Crippen LogP contribution in [0.2, 0.25) is 0 Å². The minimum absolute atomic E-state index is 0.0345. The van der Waals surface area contributed by atoms with Gasteiger partial charge in [0.15, 0.2) is 4.80 Å². The molecule has 0 fully saturated rings. The fourth-order valence-electron chi connectivity index (χ4n) is 6.25. The average Bonchev–Trinajstić information content (AvgIpc) is 3.64. The molecule has 1 aliphatic heterocycles. The zero-order valence-corrected chi connectivity index (χ0v) is 28.1. The second-order valence-corrected chi connectivity index (χ2v) is 12.6. The molecule has 0 amide bonds. The van der Waals surface area contributed by atoms with Crippen molar-refractivity contribution in [3.05, 3.63) is 167 Å². The molecule has 0 radical (unpaired) electrons. The molecule has 0 unspecified atom stereocenters. The first-order chi connectivity index (χ1) is 24.4. The molecule has 1 aliphatic rings. The summed E-state index contributed by atoms with van der Waals surface area (Å²) in [5.74, 6) is 0.135. The van der Waals surface area contributed by atoms with Gasteiger partial charge in [0, 0.05) is 46.9 Å². The molecular weight excluding hydrogens is 653 g/mol. The van der Waals surface area contributed by atoms with Crippen LogP contribution in [0.1, 0.15) is 42.1 Å². The molecule has 0 N–H and O–H groups in total. The minimum atomic E-state index is -0.804. The molecule has 50 heavy (non-hydrogen) atoms. The van der Waals surface area contributed by atoms with Crippen LogP contribution in [-0.2, 0) is 16.1 Å². The predicted octanol–water partition coefficient (Wildman–Crippen LogP) is 6.25. The Morgan fingerprint density at radius 3 is 2.36 bits per heavy atom. The highest BCUT2D eigenvalue weighted by Crippen LogP contribution is 2.36. The molecule has 2 aromatic heterocycles. The highest BCUT2D eigenvalue weighted by atomic mass is 32.1. The molecule has 0 saturated heterocycles. The van der Waals surface area contributed by atoms with Gasteiger partial charge >= 0.3 is 5.97 Å². The third-order valence-electron chi connectivity index (χ3n) is 8.49. The van der Waals surface area contributed by atoms with Crippen molar-refractivity contribution in [2.45, 2.75) is 26.4 Å². The summed E-state index contributed by atoms with van der Waals surface area (Å²) in [5, 5.41) is 12.1. The van der Waals surface area contributed by atoms with E-state index in [0.29, 0.717) is 39.5 Å². The van der Waals surface area contributed by atoms with Crippen LogP contribution in [0, 0.1) is 10.1 Å². The molecule has 250 valence electrons. The van der Waals surface area contributed by atoms with Gasteiger partial charge in [0.1, 0.15) is 5.75 Å². The fraction of sp³-hybridized carbons (Fsp3) is 0.154. The molecule has 1 atom stereocenters. The van der Waals surface area contributed by atoms with Gasteiger partial charge in [-0.3, -0.25) is 19.5 Å². The summed E-state index contributed by atoms with van der Waals surface area (Å²) in [6, 6.07) is 30.4. The molecule has 0 aliphatic carbocycles. The lowest BCUT2D eigenvalue weighted by atomic mass is 9.93. The number of para-hydroxylation sites is 1. The molecular formula is C39H32N4O6S. The number of rotatable bonds is 10. The molecule has 0 saturated carbocycles. The Labute approximate surface area is 290 Å². The monoisotopic (exact) mass is 684 g/mol. The standard InChI is InChI=1S/C39H32N4O6S/c1-3-48-30-20-16-27(17-21-30)36-34(38(45)49-4-2)35(26-10-6-5-7-11-26)40-39-42(36)37(44)33(50-39)22-28-24-41(32-13-9-8-12-31(28)32)23-25-14-18-29(19-15-25)43(46)47/h5-22,24,36H,3-4,23H2,1-2H3/b33-22-/t36-/m0/s1. The maximum atomic E-state index is 14.5. The van der Waals surface area contributed by atoms with Crippen molar-refractivity contribution in [2.75, 3.05) is 13.2 Å². The van der Waals surface area contributed by atoms with Gasteiger partial charge < -0.3 is 14.0 Å². The number of ether oxygens (including phenoxy) is 2. The number of carbonyl (C=O) groups excluding carboxylic acids is 1. The summed E-state index contributed by atoms with van der Waals surface area (Å²) in [5.41, 5.74) is 4.62. The van der Waals surface area contributed by atoms with E-state index in [1.54, 1.807) is 23.6 Å². The first kappa shape index (κ1) is 32.5. The predicted molar refractivity (Wildman–Crippen MR) is 193 cm³/mol. The smallest absolute Gasteiger partial charge is 0.338 e. The number of hydrogen-bond donors (Lipinski definition) is 0. The molecule has 6 aromatic rings. The van der Waals surface area contributed by atoms with E-state index < -0.39 is 16.9 Å². The third-order valence-corrected chi connectivity index (χ3v) is 9.47. The van der Waals surface area contributed by atoms with Crippen LogP contribution in [0.5, 0.6) is 5.75 Å². The first-order valence-electron chi connectivity index (χ1n) is 16.2. The summed E-state index contributed by atoms with van der Waals surface area (Å²) in [6.45, 7) is 4.81. The Bertz CT molecular complexity index is 2440. The number of carbonyl (C=O) groups is 1. The number of nitrogens with zero attached hydrogens (tertiary/aromatic N) is 4. The molecule has 7 rings (SSSR count). The van der Waals surface area contributed by atoms with Gasteiger partial charge in [-0.2, -0.15) is 0 Å². The summed E-state index contributed by atoms with van der Waals surface area (Å²) in [4.78, 5) is 44.4. The maximum Gasteiger partial charge on any atom is 0.338 e. The van der Waals surface area contributed by atoms with Gasteiger partial charge in [-0.15, -0.1) is 0 Å². The number of hydrogen-bond acceptors (Lipinski definition) is 8. The van der Waals surface area contributed by atoms with Crippen molar-refractivity contribution in [1.82, 2.24) is 9.13 Å². The fourth-order valence-corrected chi connectivity index (χ4v) is 7.24. The van der Waals surface area contributed by atoms with E-state index in [-0.39, 0.29) is 23.4 Å². The van der Waals surface area contributed by atoms with Crippen LogP contribution in [-0.4, -0.2) is 33.2 Å². The van der Waals surface area contributed by atoms with E-state index in [0.717, 1.165) is 27.6 Å². The number of esters is 1. The van der Waals surface area contributed by atoms with E-state index in [2.05, 4.69) is 4.57 Å². The Balaban J connectivity index is 1.41. The van der Waals surface area contributed by atoms with E-state index in [1.807, 2.05) is 98.1 Å². The number of fused-ring (bicyclic) bond motifs is 2. The number of non-ortho nitro benzene ring substituents is 1. The zero-order valence-electron chi connectivity index (χ0n) is 27.3. The molecule has 11 heteroatoms.